The van der Waals surface area contributed by atoms with Gasteiger partial charge in [-0.1, -0.05) is 6.07 Å². The van der Waals surface area contributed by atoms with E-state index in [4.69, 9.17) is 4.74 Å². The number of hydrogen-bond donors (Lipinski definition) is 2. The molecule has 0 bridgehead atoms. The number of rotatable bonds is 4. The molecule has 1 aromatic carbocycles. The molecular formula is C13H17N3O. The van der Waals surface area contributed by atoms with Gasteiger partial charge in [0.05, 0.1) is 12.8 Å². The van der Waals surface area contributed by atoms with Gasteiger partial charge in [-0.15, -0.1) is 0 Å². The highest BCUT2D eigenvalue weighted by Gasteiger charge is 2.05. The quantitative estimate of drug-likeness (QED) is 0.850. The molecule has 90 valence electrons. The minimum atomic E-state index is 0.765. The lowest BCUT2D eigenvalue weighted by molar-refractivity contribution is 0.415. The third kappa shape index (κ3) is 2.58. The van der Waals surface area contributed by atoms with Crippen LogP contribution in [0, 0.1) is 13.8 Å². The van der Waals surface area contributed by atoms with Crippen molar-refractivity contribution in [3.8, 4) is 5.75 Å². The molecule has 2 rings (SSSR count). The van der Waals surface area contributed by atoms with Crippen LogP contribution in [0.4, 0.5) is 5.69 Å². The largest absolute Gasteiger partial charge is 0.497 e. The van der Waals surface area contributed by atoms with Gasteiger partial charge in [-0.2, -0.15) is 5.10 Å². The van der Waals surface area contributed by atoms with E-state index in [0.717, 1.165) is 29.4 Å². The van der Waals surface area contributed by atoms with Crippen molar-refractivity contribution in [3.63, 3.8) is 0 Å². The molecule has 0 saturated heterocycles. The smallest absolute Gasteiger partial charge is 0.120 e. The normalized spacial score (nSPS) is 10.3. The zero-order valence-electron chi connectivity index (χ0n) is 10.4. The predicted octanol–water partition coefficient (Wildman–Crippen LogP) is 2.65. The van der Waals surface area contributed by atoms with Crippen molar-refractivity contribution in [1.29, 1.82) is 0 Å². The fourth-order valence-corrected chi connectivity index (χ4v) is 1.76. The number of aryl methyl sites for hydroxylation is 2. The first-order valence-electron chi connectivity index (χ1n) is 5.59. The average molecular weight is 231 g/mol. The highest BCUT2D eigenvalue weighted by atomic mass is 16.5. The Bertz CT molecular complexity index is 486. The first kappa shape index (κ1) is 11.5. The van der Waals surface area contributed by atoms with Gasteiger partial charge in [-0.3, -0.25) is 5.10 Å². The summed E-state index contributed by atoms with van der Waals surface area (Å²) in [6, 6.07) is 7.90. The molecule has 1 aromatic heterocycles. The summed E-state index contributed by atoms with van der Waals surface area (Å²) < 4.78 is 5.18. The van der Waals surface area contributed by atoms with Gasteiger partial charge in [0.15, 0.2) is 0 Å². The molecule has 0 fully saturated rings. The van der Waals surface area contributed by atoms with Gasteiger partial charge in [-0.05, 0) is 26.0 Å². The van der Waals surface area contributed by atoms with Crippen molar-refractivity contribution < 1.29 is 4.74 Å². The van der Waals surface area contributed by atoms with Crippen LogP contribution in [0.25, 0.3) is 0 Å². The van der Waals surface area contributed by atoms with Crippen LogP contribution in [0.15, 0.2) is 24.3 Å². The number of ether oxygens (including phenoxy) is 1. The SMILES string of the molecule is COc1cccc(NCc2c(C)n[nH]c2C)c1. The molecule has 0 aliphatic heterocycles. The van der Waals surface area contributed by atoms with E-state index in [0.29, 0.717) is 0 Å². The van der Waals surface area contributed by atoms with Crippen molar-refractivity contribution in [2.75, 3.05) is 12.4 Å². The van der Waals surface area contributed by atoms with Gasteiger partial charge < -0.3 is 10.1 Å². The Morgan fingerprint density at radius 2 is 2.18 bits per heavy atom. The maximum absolute atomic E-state index is 5.18. The number of nitrogens with one attached hydrogen (secondary N) is 2. The Kier molecular flexibility index (Phi) is 3.32. The van der Waals surface area contributed by atoms with E-state index >= 15 is 0 Å². The van der Waals surface area contributed by atoms with E-state index in [1.807, 2.05) is 38.1 Å². The summed E-state index contributed by atoms with van der Waals surface area (Å²) in [7, 11) is 1.67. The lowest BCUT2D eigenvalue weighted by Crippen LogP contribution is -2.01. The standard InChI is InChI=1S/C13H17N3O/c1-9-13(10(2)16-15-9)8-14-11-5-4-6-12(7-11)17-3/h4-7,14H,8H2,1-3H3,(H,15,16). The molecule has 1 heterocycles. The van der Waals surface area contributed by atoms with Gasteiger partial charge >= 0.3 is 0 Å². The first-order chi connectivity index (χ1) is 8.20. The van der Waals surface area contributed by atoms with Crippen LogP contribution in [0.1, 0.15) is 17.0 Å². The number of hydrogen-bond acceptors (Lipinski definition) is 3. The minimum Gasteiger partial charge on any atom is -0.497 e. The third-order valence-electron chi connectivity index (χ3n) is 2.82. The fraction of sp³-hybridized carbons (Fsp3) is 0.308. The monoisotopic (exact) mass is 231 g/mol. The number of aromatic amines is 1. The number of aromatic nitrogens is 2. The zero-order valence-corrected chi connectivity index (χ0v) is 10.4. The summed E-state index contributed by atoms with van der Waals surface area (Å²) in [6.45, 7) is 4.80. The Hall–Kier alpha value is -1.97. The van der Waals surface area contributed by atoms with Crippen LogP contribution in [0.2, 0.25) is 0 Å². The number of benzene rings is 1. The van der Waals surface area contributed by atoms with Crippen LogP contribution in [0.5, 0.6) is 5.75 Å². The predicted molar refractivity (Wildman–Crippen MR) is 68.4 cm³/mol. The van der Waals surface area contributed by atoms with Crippen molar-refractivity contribution in [2.45, 2.75) is 20.4 Å². The average Bonchev–Trinajstić information content (AvgIpc) is 2.67. The van der Waals surface area contributed by atoms with E-state index in [9.17, 15) is 0 Å². The van der Waals surface area contributed by atoms with E-state index < -0.39 is 0 Å². The number of nitrogens with zero attached hydrogens (tertiary/aromatic N) is 1. The van der Waals surface area contributed by atoms with Gasteiger partial charge in [-0.25, -0.2) is 0 Å². The summed E-state index contributed by atoms with van der Waals surface area (Å²) >= 11 is 0. The maximum Gasteiger partial charge on any atom is 0.120 e. The molecule has 2 aromatic rings. The fourth-order valence-electron chi connectivity index (χ4n) is 1.76. The molecule has 0 saturated carbocycles. The van der Waals surface area contributed by atoms with Crippen LogP contribution in [-0.4, -0.2) is 17.3 Å². The molecule has 17 heavy (non-hydrogen) atoms. The molecule has 2 N–H and O–H groups in total. The van der Waals surface area contributed by atoms with Gasteiger partial charge in [0, 0.05) is 29.6 Å². The minimum absolute atomic E-state index is 0.765. The third-order valence-corrected chi connectivity index (χ3v) is 2.82. The van der Waals surface area contributed by atoms with E-state index in [1.165, 1.54) is 5.56 Å². The van der Waals surface area contributed by atoms with Gasteiger partial charge in [0.25, 0.3) is 0 Å². The number of H-pyrrole nitrogens is 1. The molecule has 4 nitrogen and oxygen atoms in total. The Labute approximate surface area is 101 Å². The van der Waals surface area contributed by atoms with Crippen LogP contribution in [0.3, 0.4) is 0 Å². The molecule has 4 heteroatoms. The lowest BCUT2D eigenvalue weighted by Gasteiger charge is -2.08. The van der Waals surface area contributed by atoms with Crippen molar-refractivity contribution in [3.05, 3.63) is 41.2 Å². The van der Waals surface area contributed by atoms with E-state index in [-0.39, 0.29) is 0 Å². The summed E-state index contributed by atoms with van der Waals surface area (Å²) in [5.41, 5.74) is 4.41. The zero-order chi connectivity index (χ0) is 12.3. The van der Waals surface area contributed by atoms with Gasteiger partial charge in [0.1, 0.15) is 5.75 Å². The van der Waals surface area contributed by atoms with Crippen LogP contribution >= 0.6 is 0 Å². The molecule has 0 aliphatic carbocycles. The lowest BCUT2D eigenvalue weighted by atomic mass is 10.2. The molecule has 0 radical (unpaired) electrons. The summed E-state index contributed by atoms with van der Waals surface area (Å²) in [6.07, 6.45) is 0. The maximum atomic E-state index is 5.18. The summed E-state index contributed by atoms with van der Waals surface area (Å²) in [5.74, 6) is 0.857. The second kappa shape index (κ2) is 4.91. The molecule has 0 amide bonds. The van der Waals surface area contributed by atoms with Crippen molar-refractivity contribution in [2.24, 2.45) is 0 Å². The Morgan fingerprint density at radius 3 is 2.82 bits per heavy atom. The van der Waals surface area contributed by atoms with E-state index in [1.54, 1.807) is 7.11 Å². The highest BCUT2D eigenvalue weighted by molar-refractivity contribution is 5.48. The molecule has 0 atom stereocenters. The molecule has 0 spiro atoms. The highest BCUT2D eigenvalue weighted by Crippen LogP contribution is 2.18. The second-order valence-corrected chi connectivity index (χ2v) is 4.00. The molecular weight excluding hydrogens is 214 g/mol. The Balaban J connectivity index is 2.07. The van der Waals surface area contributed by atoms with E-state index in [2.05, 4.69) is 15.5 Å². The summed E-state index contributed by atoms with van der Waals surface area (Å²) in [5, 5.41) is 10.5. The van der Waals surface area contributed by atoms with Crippen molar-refractivity contribution in [1.82, 2.24) is 10.2 Å². The molecule has 0 unspecified atom stereocenters. The molecule has 0 aliphatic rings. The Morgan fingerprint density at radius 1 is 1.35 bits per heavy atom. The number of anilines is 1. The summed E-state index contributed by atoms with van der Waals surface area (Å²) in [4.78, 5) is 0. The first-order valence-corrected chi connectivity index (χ1v) is 5.59. The van der Waals surface area contributed by atoms with Gasteiger partial charge in [0.2, 0.25) is 0 Å². The number of methoxy groups -OCH3 is 1. The van der Waals surface area contributed by atoms with Crippen LogP contribution < -0.4 is 10.1 Å². The van der Waals surface area contributed by atoms with Crippen molar-refractivity contribution >= 4 is 5.69 Å². The second-order valence-electron chi connectivity index (χ2n) is 4.00. The topological polar surface area (TPSA) is 49.9 Å². The van der Waals surface area contributed by atoms with Crippen LogP contribution in [-0.2, 0) is 6.54 Å².